The van der Waals surface area contributed by atoms with Gasteiger partial charge in [-0.1, -0.05) is 23.7 Å². The van der Waals surface area contributed by atoms with Crippen molar-refractivity contribution in [2.24, 2.45) is 7.05 Å². The average Bonchev–Trinajstić information content (AvgIpc) is 2.80. The van der Waals surface area contributed by atoms with Gasteiger partial charge in [-0.25, -0.2) is 0 Å². The smallest absolute Gasteiger partial charge is 0.142 e. The predicted molar refractivity (Wildman–Crippen MR) is 85.6 cm³/mol. The van der Waals surface area contributed by atoms with Gasteiger partial charge >= 0.3 is 0 Å². The molecule has 0 aliphatic rings. The zero-order valence-electron chi connectivity index (χ0n) is 13.0. The fourth-order valence-electron chi connectivity index (χ4n) is 1.92. The molecule has 0 fully saturated rings. The van der Waals surface area contributed by atoms with Gasteiger partial charge in [0.05, 0.1) is 11.2 Å². The number of benzene rings is 1. The van der Waals surface area contributed by atoms with Crippen molar-refractivity contribution in [1.29, 1.82) is 0 Å². The van der Waals surface area contributed by atoms with Gasteiger partial charge in [-0.15, -0.1) is 0 Å². The van der Waals surface area contributed by atoms with E-state index in [1.807, 2.05) is 31.4 Å². The van der Waals surface area contributed by atoms with E-state index in [9.17, 15) is 0 Å². The van der Waals surface area contributed by atoms with Crippen LogP contribution < -0.4 is 10.1 Å². The number of hydrogen-bond acceptors (Lipinski definition) is 3. The van der Waals surface area contributed by atoms with Crippen molar-refractivity contribution in [1.82, 2.24) is 15.1 Å². The molecule has 1 N–H and O–H groups in total. The van der Waals surface area contributed by atoms with E-state index >= 15 is 0 Å². The topological polar surface area (TPSA) is 39.1 Å². The molecule has 1 aromatic carbocycles. The molecule has 0 saturated carbocycles. The monoisotopic (exact) mass is 307 g/mol. The first-order valence-corrected chi connectivity index (χ1v) is 7.36. The van der Waals surface area contributed by atoms with Crippen molar-refractivity contribution in [2.45, 2.75) is 39.5 Å². The van der Waals surface area contributed by atoms with Crippen LogP contribution in [-0.2, 0) is 20.2 Å². The number of hydrogen-bond donors (Lipinski definition) is 1. The summed E-state index contributed by atoms with van der Waals surface area (Å²) in [6, 6.07) is 5.82. The molecule has 21 heavy (non-hydrogen) atoms. The lowest BCUT2D eigenvalue weighted by molar-refractivity contribution is 0.300. The fraction of sp³-hybridized carbons (Fsp3) is 0.438. The van der Waals surface area contributed by atoms with E-state index in [4.69, 9.17) is 16.3 Å². The lowest BCUT2D eigenvalue weighted by Gasteiger charge is -2.22. The van der Waals surface area contributed by atoms with Gasteiger partial charge in [0.2, 0.25) is 0 Å². The number of aromatic nitrogens is 2. The Kier molecular flexibility index (Phi) is 4.91. The number of ether oxygens (including phenoxy) is 1. The summed E-state index contributed by atoms with van der Waals surface area (Å²) >= 11 is 6.28. The lowest BCUT2D eigenvalue weighted by Crippen LogP contribution is -2.35. The van der Waals surface area contributed by atoms with E-state index in [1.165, 1.54) is 0 Å². The van der Waals surface area contributed by atoms with Gasteiger partial charge < -0.3 is 10.1 Å². The van der Waals surface area contributed by atoms with Crippen LogP contribution in [0.2, 0.25) is 5.02 Å². The first-order valence-electron chi connectivity index (χ1n) is 6.98. The average molecular weight is 308 g/mol. The van der Waals surface area contributed by atoms with Gasteiger partial charge in [-0.05, 0) is 26.8 Å². The largest absolute Gasteiger partial charge is 0.487 e. The number of para-hydroxylation sites is 1. The minimum atomic E-state index is 0.0446. The van der Waals surface area contributed by atoms with Crippen molar-refractivity contribution >= 4 is 11.6 Å². The Hall–Kier alpha value is -1.52. The Morgan fingerprint density at radius 1 is 1.33 bits per heavy atom. The second kappa shape index (κ2) is 6.50. The van der Waals surface area contributed by atoms with E-state index < -0.39 is 0 Å². The van der Waals surface area contributed by atoms with Crippen LogP contribution in [-0.4, -0.2) is 15.3 Å². The molecule has 0 atom stereocenters. The van der Waals surface area contributed by atoms with Crippen LogP contribution in [0.4, 0.5) is 0 Å². The zero-order chi connectivity index (χ0) is 15.5. The summed E-state index contributed by atoms with van der Waals surface area (Å²) in [5.74, 6) is 0.736. The summed E-state index contributed by atoms with van der Waals surface area (Å²) in [4.78, 5) is 0. The second-order valence-electron chi connectivity index (χ2n) is 6.14. The number of nitrogens with one attached hydrogen (secondary N) is 1. The van der Waals surface area contributed by atoms with Crippen LogP contribution in [0.1, 0.15) is 31.9 Å². The maximum atomic E-state index is 6.28. The molecule has 0 spiro atoms. The summed E-state index contributed by atoms with van der Waals surface area (Å²) in [5, 5.41) is 8.22. The quantitative estimate of drug-likeness (QED) is 0.918. The highest BCUT2D eigenvalue weighted by atomic mass is 35.5. The summed E-state index contributed by atoms with van der Waals surface area (Å²) in [7, 11) is 1.89. The highest BCUT2D eigenvalue weighted by Gasteiger charge is 2.13. The molecule has 0 amide bonds. The third-order valence-electron chi connectivity index (χ3n) is 3.00. The van der Waals surface area contributed by atoms with E-state index in [-0.39, 0.29) is 5.54 Å². The van der Waals surface area contributed by atoms with Crippen molar-refractivity contribution < 1.29 is 4.74 Å². The van der Waals surface area contributed by atoms with Gasteiger partial charge in [0.1, 0.15) is 12.4 Å². The molecule has 0 radical (unpaired) electrons. The van der Waals surface area contributed by atoms with Crippen molar-refractivity contribution in [3.8, 4) is 5.75 Å². The molecule has 1 aromatic heterocycles. The summed E-state index contributed by atoms with van der Waals surface area (Å²) < 4.78 is 7.66. The van der Waals surface area contributed by atoms with Gasteiger partial charge in [0, 0.05) is 36.5 Å². The second-order valence-corrected chi connectivity index (χ2v) is 6.55. The Labute approximate surface area is 131 Å². The maximum Gasteiger partial charge on any atom is 0.142 e. The van der Waals surface area contributed by atoms with Gasteiger partial charge in [0.25, 0.3) is 0 Å². The summed E-state index contributed by atoms with van der Waals surface area (Å²) in [6.45, 7) is 7.57. The summed E-state index contributed by atoms with van der Waals surface area (Å²) in [6.07, 6.45) is 3.73. The molecule has 4 nitrogen and oxygen atoms in total. The minimum absolute atomic E-state index is 0.0446. The lowest BCUT2D eigenvalue weighted by atomic mass is 10.1. The Balaban J connectivity index is 2.10. The van der Waals surface area contributed by atoms with Crippen LogP contribution in [0.25, 0.3) is 0 Å². The molecule has 0 aliphatic heterocycles. The maximum absolute atomic E-state index is 6.28. The summed E-state index contributed by atoms with van der Waals surface area (Å²) in [5.41, 5.74) is 2.12. The number of nitrogens with zero attached hydrogens (tertiary/aromatic N) is 2. The first kappa shape index (κ1) is 15.9. The molecule has 0 unspecified atom stereocenters. The molecule has 114 valence electrons. The van der Waals surface area contributed by atoms with Crippen molar-refractivity contribution in [2.75, 3.05) is 0 Å². The van der Waals surface area contributed by atoms with Gasteiger partial charge in [-0.2, -0.15) is 5.10 Å². The molecular weight excluding hydrogens is 286 g/mol. The van der Waals surface area contributed by atoms with Crippen molar-refractivity contribution in [3.63, 3.8) is 0 Å². The predicted octanol–water partition coefficient (Wildman–Crippen LogP) is 3.54. The van der Waals surface area contributed by atoms with Crippen LogP contribution in [0, 0.1) is 0 Å². The van der Waals surface area contributed by atoms with Crippen LogP contribution >= 0.6 is 11.6 Å². The van der Waals surface area contributed by atoms with Crippen LogP contribution in [0.15, 0.2) is 30.6 Å². The molecule has 2 rings (SSSR count). The Morgan fingerprint density at radius 3 is 2.71 bits per heavy atom. The van der Waals surface area contributed by atoms with E-state index in [0.29, 0.717) is 18.2 Å². The molecule has 1 heterocycles. The molecule has 2 aromatic rings. The number of rotatable bonds is 5. The van der Waals surface area contributed by atoms with Crippen LogP contribution in [0.5, 0.6) is 5.75 Å². The third kappa shape index (κ3) is 4.76. The first-order chi connectivity index (χ1) is 9.85. The molecule has 0 saturated heterocycles. The fourth-order valence-corrected chi connectivity index (χ4v) is 2.17. The van der Waals surface area contributed by atoms with Crippen molar-refractivity contribution in [3.05, 3.63) is 46.7 Å². The minimum Gasteiger partial charge on any atom is -0.487 e. The van der Waals surface area contributed by atoms with E-state index in [0.717, 1.165) is 16.9 Å². The Morgan fingerprint density at radius 2 is 2.10 bits per heavy atom. The normalized spacial score (nSPS) is 11.7. The Bertz CT molecular complexity index is 602. The molecule has 5 heteroatoms. The van der Waals surface area contributed by atoms with Gasteiger partial charge in [0.15, 0.2) is 0 Å². The van der Waals surface area contributed by atoms with E-state index in [2.05, 4.69) is 31.2 Å². The SMILES string of the molecule is Cn1cc(COc2c(Cl)cccc2CNC(C)(C)C)cn1. The van der Waals surface area contributed by atoms with Crippen LogP contribution in [0.3, 0.4) is 0 Å². The highest BCUT2D eigenvalue weighted by molar-refractivity contribution is 6.32. The number of halogens is 1. The standard InChI is InChI=1S/C16H22ClN3O/c1-16(2,3)18-9-13-6-5-7-14(17)15(13)21-11-12-8-19-20(4)10-12/h5-8,10,18H,9,11H2,1-4H3. The number of aryl methyl sites for hydroxylation is 1. The molecule has 0 bridgehead atoms. The zero-order valence-corrected chi connectivity index (χ0v) is 13.7. The van der Waals surface area contributed by atoms with E-state index in [1.54, 1.807) is 10.9 Å². The molecule has 0 aliphatic carbocycles. The highest BCUT2D eigenvalue weighted by Crippen LogP contribution is 2.29. The van der Waals surface area contributed by atoms with Gasteiger partial charge in [-0.3, -0.25) is 4.68 Å². The molecular formula is C16H22ClN3O. The third-order valence-corrected chi connectivity index (χ3v) is 3.30.